The molecule has 1 saturated heterocycles. The molecular weight excluding hydrogens is 301 g/mol. The Morgan fingerprint density at radius 1 is 1.12 bits per heavy atom. The predicted molar refractivity (Wildman–Crippen MR) is 98.7 cm³/mol. The SMILES string of the molecule is CC(=O)NCC(=Cc1ccc(C)c(C)c1)B1OC(C)(C)C(C)(C)O1. The molecule has 130 valence electrons. The van der Waals surface area contributed by atoms with E-state index in [-0.39, 0.29) is 5.91 Å². The topological polar surface area (TPSA) is 47.6 Å². The second-order valence-electron chi connectivity index (χ2n) is 7.56. The van der Waals surface area contributed by atoms with Gasteiger partial charge in [-0.25, -0.2) is 0 Å². The van der Waals surface area contributed by atoms with Gasteiger partial charge in [0, 0.05) is 13.5 Å². The molecule has 1 N–H and O–H groups in total. The molecule has 1 amide bonds. The Hall–Kier alpha value is -1.59. The molecule has 0 spiro atoms. The number of carbonyl (C=O) groups excluding carboxylic acids is 1. The van der Waals surface area contributed by atoms with Crippen LogP contribution in [0.3, 0.4) is 0 Å². The highest BCUT2D eigenvalue weighted by Crippen LogP contribution is 2.38. The van der Waals surface area contributed by atoms with Crippen LogP contribution in [0.1, 0.15) is 51.3 Å². The van der Waals surface area contributed by atoms with E-state index in [1.165, 1.54) is 18.1 Å². The van der Waals surface area contributed by atoms with Gasteiger partial charge in [-0.1, -0.05) is 24.3 Å². The van der Waals surface area contributed by atoms with Crippen molar-refractivity contribution in [1.82, 2.24) is 5.32 Å². The third-order valence-electron chi connectivity index (χ3n) is 4.98. The summed E-state index contributed by atoms with van der Waals surface area (Å²) in [6, 6.07) is 6.30. The summed E-state index contributed by atoms with van der Waals surface area (Å²) >= 11 is 0. The molecule has 0 atom stereocenters. The summed E-state index contributed by atoms with van der Waals surface area (Å²) in [4.78, 5) is 11.3. The van der Waals surface area contributed by atoms with Crippen LogP contribution in [0.4, 0.5) is 0 Å². The molecule has 2 rings (SSSR count). The van der Waals surface area contributed by atoms with Gasteiger partial charge in [-0.3, -0.25) is 4.79 Å². The van der Waals surface area contributed by atoms with Gasteiger partial charge in [0.1, 0.15) is 0 Å². The first-order valence-electron chi connectivity index (χ1n) is 8.39. The van der Waals surface area contributed by atoms with E-state index in [0.717, 1.165) is 11.0 Å². The monoisotopic (exact) mass is 329 g/mol. The van der Waals surface area contributed by atoms with E-state index in [4.69, 9.17) is 9.31 Å². The molecule has 1 aromatic rings. The Balaban J connectivity index is 2.33. The van der Waals surface area contributed by atoms with Gasteiger partial charge in [-0.05, 0) is 63.7 Å². The predicted octanol–water partition coefficient (Wildman–Crippen LogP) is 3.45. The number of rotatable bonds is 4. The van der Waals surface area contributed by atoms with Crippen molar-refractivity contribution < 1.29 is 14.1 Å². The summed E-state index contributed by atoms with van der Waals surface area (Å²) in [6.45, 7) is 14.2. The zero-order valence-electron chi connectivity index (χ0n) is 15.8. The van der Waals surface area contributed by atoms with Gasteiger partial charge in [-0.15, -0.1) is 0 Å². The molecule has 1 aliphatic heterocycles. The van der Waals surface area contributed by atoms with Crippen molar-refractivity contribution in [3.05, 3.63) is 40.4 Å². The van der Waals surface area contributed by atoms with E-state index >= 15 is 0 Å². The Bertz CT molecular complexity index is 649. The molecule has 1 fully saturated rings. The Labute approximate surface area is 145 Å². The minimum atomic E-state index is -0.469. The maximum atomic E-state index is 11.3. The van der Waals surface area contributed by atoms with Crippen molar-refractivity contribution in [2.24, 2.45) is 0 Å². The molecule has 0 radical (unpaired) electrons. The van der Waals surface area contributed by atoms with Crippen LogP contribution in [0.15, 0.2) is 23.7 Å². The minimum absolute atomic E-state index is 0.0718. The molecule has 24 heavy (non-hydrogen) atoms. The lowest BCUT2D eigenvalue weighted by atomic mass is 9.77. The molecule has 1 aromatic carbocycles. The van der Waals surface area contributed by atoms with Crippen LogP contribution in [0.2, 0.25) is 0 Å². The number of amides is 1. The second-order valence-corrected chi connectivity index (χ2v) is 7.56. The normalized spacial score (nSPS) is 19.5. The molecule has 1 heterocycles. The van der Waals surface area contributed by atoms with Gasteiger partial charge in [0.2, 0.25) is 5.91 Å². The standard InChI is InChI=1S/C19H28BNO3/c1-13-8-9-16(10-14(13)2)11-17(12-21-15(3)22)20-23-18(4,5)19(6,7)24-20/h8-11H,12H2,1-7H3,(H,21,22). The Morgan fingerprint density at radius 3 is 2.21 bits per heavy atom. The smallest absolute Gasteiger partial charge is 0.400 e. The number of aryl methyl sites for hydroxylation is 2. The molecule has 5 heteroatoms. The van der Waals surface area contributed by atoms with Crippen LogP contribution in [-0.2, 0) is 14.1 Å². The van der Waals surface area contributed by atoms with Gasteiger partial charge < -0.3 is 14.6 Å². The highest BCUT2D eigenvalue weighted by Gasteiger charge is 2.52. The third-order valence-corrected chi connectivity index (χ3v) is 4.98. The van der Waals surface area contributed by atoms with Gasteiger partial charge in [0.05, 0.1) is 11.2 Å². The molecule has 0 unspecified atom stereocenters. The lowest BCUT2D eigenvalue weighted by molar-refractivity contribution is -0.118. The minimum Gasteiger partial charge on any atom is -0.400 e. The largest absolute Gasteiger partial charge is 0.492 e. The fourth-order valence-electron chi connectivity index (χ4n) is 2.49. The van der Waals surface area contributed by atoms with E-state index in [1.807, 2.05) is 33.8 Å². The summed E-state index contributed by atoms with van der Waals surface area (Å²) in [5.41, 5.74) is 3.66. The number of benzene rings is 1. The first-order valence-corrected chi connectivity index (χ1v) is 8.39. The molecule has 4 nitrogen and oxygen atoms in total. The summed E-state index contributed by atoms with van der Waals surface area (Å²) in [5, 5.41) is 2.86. The van der Waals surface area contributed by atoms with Crippen LogP contribution in [0, 0.1) is 13.8 Å². The van der Waals surface area contributed by atoms with Crippen LogP contribution in [0.25, 0.3) is 6.08 Å². The maximum Gasteiger partial charge on any atom is 0.492 e. The van der Waals surface area contributed by atoms with Gasteiger partial charge >= 0.3 is 7.12 Å². The Morgan fingerprint density at radius 2 is 1.71 bits per heavy atom. The fourth-order valence-corrected chi connectivity index (χ4v) is 2.49. The van der Waals surface area contributed by atoms with Crippen LogP contribution in [-0.4, -0.2) is 30.8 Å². The van der Waals surface area contributed by atoms with E-state index in [2.05, 4.69) is 37.4 Å². The summed E-state index contributed by atoms with van der Waals surface area (Å²) in [5.74, 6) is -0.0718. The van der Waals surface area contributed by atoms with Crippen LogP contribution < -0.4 is 5.32 Å². The molecular formula is C19H28BNO3. The summed E-state index contributed by atoms with van der Waals surface area (Å²) in [7, 11) is -0.469. The first-order chi connectivity index (χ1) is 11.0. The maximum absolute atomic E-state index is 11.3. The van der Waals surface area contributed by atoms with Crippen molar-refractivity contribution >= 4 is 19.1 Å². The molecule has 0 bridgehead atoms. The number of hydrogen-bond acceptors (Lipinski definition) is 3. The van der Waals surface area contributed by atoms with Gasteiger partial charge in [0.15, 0.2) is 0 Å². The first kappa shape index (κ1) is 18.7. The van der Waals surface area contributed by atoms with E-state index in [9.17, 15) is 4.79 Å². The Kier molecular flexibility index (Phi) is 5.26. The van der Waals surface area contributed by atoms with Crippen molar-refractivity contribution in [2.45, 2.75) is 59.7 Å². The van der Waals surface area contributed by atoms with Crippen LogP contribution in [0.5, 0.6) is 0 Å². The van der Waals surface area contributed by atoms with Crippen molar-refractivity contribution in [3.8, 4) is 0 Å². The highest BCUT2D eigenvalue weighted by molar-refractivity contribution is 6.56. The third kappa shape index (κ3) is 4.08. The van der Waals surface area contributed by atoms with Gasteiger partial charge in [-0.2, -0.15) is 0 Å². The van der Waals surface area contributed by atoms with Crippen molar-refractivity contribution in [1.29, 1.82) is 0 Å². The number of hydrogen-bond donors (Lipinski definition) is 1. The van der Waals surface area contributed by atoms with Gasteiger partial charge in [0.25, 0.3) is 0 Å². The average molecular weight is 329 g/mol. The van der Waals surface area contributed by atoms with E-state index in [0.29, 0.717) is 6.54 Å². The molecule has 0 aliphatic carbocycles. The van der Waals surface area contributed by atoms with E-state index < -0.39 is 18.3 Å². The zero-order valence-corrected chi connectivity index (χ0v) is 15.8. The zero-order chi connectivity index (χ0) is 18.1. The van der Waals surface area contributed by atoms with E-state index in [1.54, 1.807) is 0 Å². The van der Waals surface area contributed by atoms with Crippen LogP contribution >= 0.6 is 0 Å². The average Bonchev–Trinajstić information content (AvgIpc) is 2.67. The molecule has 0 aromatic heterocycles. The lowest BCUT2D eigenvalue weighted by Gasteiger charge is -2.32. The molecule has 0 saturated carbocycles. The molecule has 1 aliphatic rings. The second kappa shape index (κ2) is 6.73. The quantitative estimate of drug-likeness (QED) is 0.861. The summed E-state index contributed by atoms with van der Waals surface area (Å²) in [6.07, 6.45) is 2.05. The highest BCUT2D eigenvalue weighted by atomic mass is 16.7. The summed E-state index contributed by atoms with van der Waals surface area (Å²) < 4.78 is 12.3. The van der Waals surface area contributed by atoms with Crippen molar-refractivity contribution in [2.75, 3.05) is 6.54 Å². The fraction of sp³-hybridized carbons (Fsp3) is 0.526. The van der Waals surface area contributed by atoms with Crippen molar-refractivity contribution in [3.63, 3.8) is 0 Å². The number of nitrogens with one attached hydrogen (secondary N) is 1. The number of carbonyl (C=O) groups is 1. The lowest BCUT2D eigenvalue weighted by Crippen LogP contribution is -2.41.